The molecule has 134 valence electrons. The molecule has 2 heterocycles. The molecule has 0 saturated heterocycles. The average molecular weight is 376 g/mol. The first kappa shape index (κ1) is 17.7. The van der Waals surface area contributed by atoms with E-state index < -0.39 is 27.3 Å². The Balaban J connectivity index is 1.59. The highest BCUT2D eigenvalue weighted by atomic mass is 32.2. The number of anilines is 1. The number of amides is 1. The van der Waals surface area contributed by atoms with Gasteiger partial charge in [-0.15, -0.1) is 5.10 Å². The summed E-state index contributed by atoms with van der Waals surface area (Å²) in [5.74, 6) is -1.40. The van der Waals surface area contributed by atoms with E-state index in [1.807, 2.05) is 0 Å². The summed E-state index contributed by atoms with van der Waals surface area (Å²) in [7, 11) is -3.70. The number of sulfone groups is 1. The van der Waals surface area contributed by atoms with Gasteiger partial charge in [-0.2, -0.15) is 0 Å². The SMILES string of the molecule is O=C(CCS(=O)(=O)c1ccc(F)cc1)Nc1nnc(-c2cccnc2)o1. The molecule has 0 bridgehead atoms. The van der Waals surface area contributed by atoms with Gasteiger partial charge < -0.3 is 4.42 Å². The van der Waals surface area contributed by atoms with Gasteiger partial charge in [0.15, 0.2) is 9.84 Å². The molecule has 0 spiro atoms. The molecule has 10 heteroatoms. The van der Waals surface area contributed by atoms with Crippen molar-refractivity contribution in [2.45, 2.75) is 11.3 Å². The first-order valence-electron chi connectivity index (χ1n) is 7.46. The molecule has 0 fully saturated rings. The van der Waals surface area contributed by atoms with E-state index in [1.54, 1.807) is 18.3 Å². The van der Waals surface area contributed by atoms with Crippen LogP contribution in [0.5, 0.6) is 0 Å². The Kier molecular flexibility index (Phi) is 5.03. The fourth-order valence-corrected chi connectivity index (χ4v) is 3.29. The van der Waals surface area contributed by atoms with Gasteiger partial charge in [0, 0.05) is 18.8 Å². The van der Waals surface area contributed by atoms with Gasteiger partial charge in [0.2, 0.25) is 5.91 Å². The summed E-state index contributed by atoms with van der Waals surface area (Å²) in [5.41, 5.74) is 0.583. The summed E-state index contributed by atoms with van der Waals surface area (Å²) in [6, 6.07) is 7.66. The molecule has 0 aliphatic carbocycles. The quantitative estimate of drug-likeness (QED) is 0.655. The zero-order valence-electron chi connectivity index (χ0n) is 13.3. The smallest absolute Gasteiger partial charge is 0.322 e. The van der Waals surface area contributed by atoms with Crippen molar-refractivity contribution in [3.63, 3.8) is 0 Å². The van der Waals surface area contributed by atoms with Crippen LogP contribution in [0.3, 0.4) is 0 Å². The number of rotatable bonds is 6. The molecule has 3 aromatic rings. The van der Waals surface area contributed by atoms with Crippen LogP contribution in [0, 0.1) is 5.82 Å². The zero-order chi connectivity index (χ0) is 18.6. The van der Waals surface area contributed by atoms with Gasteiger partial charge in [-0.05, 0) is 36.4 Å². The molecule has 0 radical (unpaired) electrons. The van der Waals surface area contributed by atoms with Gasteiger partial charge in [0.25, 0.3) is 5.89 Å². The van der Waals surface area contributed by atoms with Crippen LogP contribution in [0.2, 0.25) is 0 Å². The Labute approximate surface area is 148 Å². The van der Waals surface area contributed by atoms with E-state index >= 15 is 0 Å². The molecule has 0 aliphatic rings. The molecule has 1 N–H and O–H groups in total. The number of carbonyl (C=O) groups is 1. The Morgan fingerprint density at radius 1 is 1.15 bits per heavy atom. The van der Waals surface area contributed by atoms with Crippen molar-refractivity contribution in [1.82, 2.24) is 15.2 Å². The molecule has 1 amide bonds. The van der Waals surface area contributed by atoms with Crippen LogP contribution in [0.25, 0.3) is 11.5 Å². The molecule has 0 aliphatic heterocycles. The molecule has 26 heavy (non-hydrogen) atoms. The number of nitrogens with zero attached hydrogens (tertiary/aromatic N) is 3. The van der Waals surface area contributed by atoms with Crippen LogP contribution < -0.4 is 5.32 Å². The number of nitrogens with one attached hydrogen (secondary N) is 1. The molecule has 2 aromatic heterocycles. The number of pyridine rings is 1. The van der Waals surface area contributed by atoms with Gasteiger partial charge in [0.1, 0.15) is 5.82 Å². The number of hydrogen-bond donors (Lipinski definition) is 1. The summed E-state index contributed by atoms with van der Waals surface area (Å²) < 4.78 is 42.4. The molecule has 1 aromatic carbocycles. The van der Waals surface area contributed by atoms with E-state index in [1.165, 1.54) is 6.20 Å². The van der Waals surface area contributed by atoms with Gasteiger partial charge in [-0.1, -0.05) is 5.10 Å². The Hall–Kier alpha value is -3.14. The topological polar surface area (TPSA) is 115 Å². The third-order valence-electron chi connectivity index (χ3n) is 3.35. The predicted octanol–water partition coefficient (Wildman–Crippen LogP) is 2.07. The van der Waals surface area contributed by atoms with Gasteiger partial charge in [-0.25, -0.2) is 12.8 Å². The van der Waals surface area contributed by atoms with Crippen LogP contribution >= 0.6 is 0 Å². The molecular weight excluding hydrogens is 363 g/mol. The highest BCUT2D eigenvalue weighted by Gasteiger charge is 2.18. The minimum Gasteiger partial charge on any atom is -0.403 e. The van der Waals surface area contributed by atoms with E-state index in [0.29, 0.717) is 5.56 Å². The summed E-state index contributed by atoms with van der Waals surface area (Å²) in [4.78, 5) is 15.8. The molecule has 0 unspecified atom stereocenters. The monoisotopic (exact) mass is 376 g/mol. The lowest BCUT2D eigenvalue weighted by Gasteiger charge is -2.04. The van der Waals surface area contributed by atoms with E-state index in [0.717, 1.165) is 24.3 Å². The first-order chi connectivity index (χ1) is 12.4. The largest absolute Gasteiger partial charge is 0.403 e. The summed E-state index contributed by atoms with van der Waals surface area (Å²) >= 11 is 0. The van der Waals surface area contributed by atoms with Crippen molar-refractivity contribution in [3.8, 4) is 11.5 Å². The third kappa shape index (κ3) is 4.28. The molecule has 8 nitrogen and oxygen atoms in total. The third-order valence-corrected chi connectivity index (χ3v) is 5.08. The Morgan fingerprint density at radius 3 is 2.62 bits per heavy atom. The maximum Gasteiger partial charge on any atom is 0.322 e. The second-order valence-electron chi connectivity index (χ2n) is 5.23. The molecule has 0 atom stereocenters. The average Bonchev–Trinajstić information content (AvgIpc) is 3.10. The van der Waals surface area contributed by atoms with Gasteiger partial charge >= 0.3 is 6.01 Å². The minimum atomic E-state index is -3.70. The Morgan fingerprint density at radius 2 is 1.92 bits per heavy atom. The van der Waals surface area contributed by atoms with Crippen LogP contribution in [-0.2, 0) is 14.6 Å². The van der Waals surface area contributed by atoms with Crippen molar-refractivity contribution in [2.24, 2.45) is 0 Å². The number of aromatic nitrogens is 3. The number of hydrogen-bond acceptors (Lipinski definition) is 7. The fourth-order valence-electron chi connectivity index (χ4n) is 2.05. The number of halogens is 1. The highest BCUT2D eigenvalue weighted by Crippen LogP contribution is 2.18. The van der Waals surface area contributed by atoms with Crippen molar-refractivity contribution in [3.05, 3.63) is 54.6 Å². The Bertz CT molecular complexity index is 1000. The summed E-state index contributed by atoms with van der Waals surface area (Å²) in [6.07, 6.45) is 2.79. The van der Waals surface area contributed by atoms with E-state index in [9.17, 15) is 17.6 Å². The second-order valence-corrected chi connectivity index (χ2v) is 7.33. The van der Waals surface area contributed by atoms with Crippen molar-refractivity contribution in [1.29, 1.82) is 0 Å². The normalized spacial score (nSPS) is 11.3. The lowest BCUT2D eigenvalue weighted by atomic mass is 10.3. The second kappa shape index (κ2) is 7.40. The van der Waals surface area contributed by atoms with Crippen LogP contribution in [0.1, 0.15) is 6.42 Å². The maximum atomic E-state index is 12.9. The maximum absolute atomic E-state index is 12.9. The number of carbonyl (C=O) groups excluding carboxylic acids is 1. The minimum absolute atomic E-state index is 0.0524. The standard InChI is InChI=1S/C16H13FN4O4S/c17-12-3-5-13(6-4-12)26(23,24)9-7-14(22)19-16-21-20-15(25-16)11-2-1-8-18-10-11/h1-6,8,10H,7,9H2,(H,19,21,22). The van der Waals surface area contributed by atoms with E-state index in [-0.39, 0.29) is 23.2 Å². The summed E-state index contributed by atoms with van der Waals surface area (Å²) in [5, 5.41) is 9.80. The van der Waals surface area contributed by atoms with Crippen molar-refractivity contribution in [2.75, 3.05) is 11.1 Å². The van der Waals surface area contributed by atoms with Crippen LogP contribution in [0.15, 0.2) is 58.1 Å². The van der Waals surface area contributed by atoms with E-state index in [4.69, 9.17) is 4.42 Å². The molecule has 3 rings (SSSR count). The summed E-state index contributed by atoms with van der Waals surface area (Å²) in [6.45, 7) is 0. The lowest BCUT2D eigenvalue weighted by molar-refractivity contribution is -0.115. The molecule has 0 saturated carbocycles. The van der Waals surface area contributed by atoms with Gasteiger partial charge in [0.05, 0.1) is 16.2 Å². The predicted molar refractivity (Wildman–Crippen MR) is 89.2 cm³/mol. The molecular formula is C16H13FN4O4S. The van der Waals surface area contributed by atoms with Gasteiger partial charge in [-0.3, -0.25) is 15.1 Å². The van der Waals surface area contributed by atoms with Crippen LogP contribution in [0.4, 0.5) is 10.4 Å². The first-order valence-corrected chi connectivity index (χ1v) is 9.11. The van der Waals surface area contributed by atoms with Crippen molar-refractivity contribution < 1.29 is 22.0 Å². The van der Waals surface area contributed by atoms with Crippen LogP contribution in [-0.4, -0.2) is 35.3 Å². The highest BCUT2D eigenvalue weighted by molar-refractivity contribution is 7.91. The van der Waals surface area contributed by atoms with Crippen molar-refractivity contribution >= 4 is 21.8 Å². The lowest BCUT2D eigenvalue weighted by Crippen LogP contribution is -2.17. The number of benzene rings is 1. The van der Waals surface area contributed by atoms with E-state index in [2.05, 4.69) is 20.5 Å². The fraction of sp³-hybridized carbons (Fsp3) is 0.125. The zero-order valence-corrected chi connectivity index (χ0v) is 14.1.